The Bertz CT molecular complexity index is 1280. The largest absolute Gasteiger partial charge is 0.455 e. The molecule has 0 saturated carbocycles. The Morgan fingerprint density at radius 1 is 1.06 bits per heavy atom. The minimum Gasteiger partial charge on any atom is -0.455 e. The second kappa shape index (κ2) is 11.4. The highest BCUT2D eigenvalue weighted by molar-refractivity contribution is 7.81. The molecule has 8 nitrogen and oxygen atoms in total. The molecule has 36 heavy (non-hydrogen) atoms. The molecule has 1 unspecified atom stereocenters. The van der Waals surface area contributed by atoms with Crippen LogP contribution in [0.15, 0.2) is 54.6 Å². The summed E-state index contributed by atoms with van der Waals surface area (Å²) in [4.78, 5) is 11.7. The Balaban J connectivity index is 1.68. The molecule has 0 spiro atoms. The van der Waals surface area contributed by atoms with Crippen LogP contribution >= 0.6 is 0 Å². The summed E-state index contributed by atoms with van der Waals surface area (Å²) in [5.74, 6) is -0.759. The fourth-order valence-corrected chi connectivity index (χ4v) is 3.62. The Labute approximate surface area is 210 Å². The van der Waals surface area contributed by atoms with E-state index in [1.165, 1.54) is 12.1 Å². The van der Waals surface area contributed by atoms with Crippen molar-refractivity contribution in [1.82, 2.24) is 9.44 Å². The van der Waals surface area contributed by atoms with Crippen LogP contribution in [0.5, 0.6) is 11.5 Å². The van der Waals surface area contributed by atoms with Crippen molar-refractivity contribution in [2.75, 3.05) is 11.1 Å². The second-order valence-corrected chi connectivity index (χ2v) is 9.95. The number of rotatable bonds is 8. The van der Waals surface area contributed by atoms with E-state index >= 15 is 0 Å². The van der Waals surface area contributed by atoms with Gasteiger partial charge in [-0.1, -0.05) is 18.2 Å². The zero-order chi connectivity index (χ0) is 26.5. The summed E-state index contributed by atoms with van der Waals surface area (Å²) >= 11 is -1.89. The minimum absolute atomic E-state index is 0.0327. The van der Waals surface area contributed by atoms with Gasteiger partial charge in [0.1, 0.15) is 23.0 Å². The molecule has 0 aliphatic rings. The van der Waals surface area contributed by atoms with Gasteiger partial charge in [0.15, 0.2) is 16.9 Å². The molecule has 3 aromatic rings. The van der Waals surface area contributed by atoms with Gasteiger partial charge in [0.05, 0.1) is 17.1 Å². The summed E-state index contributed by atoms with van der Waals surface area (Å²) < 4.78 is 56.3. The van der Waals surface area contributed by atoms with Crippen molar-refractivity contribution in [2.45, 2.75) is 39.8 Å². The molecule has 0 fully saturated rings. The van der Waals surface area contributed by atoms with Crippen LogP contribution in [0.4, 0.5) is 30.6 Å². The van der Waals surface area contributed by atoms with Crippen LogP contribution in [0.2, 0.25) is 0 Å². The lowest BCUT2D eigenvalue weighted by Crippen LogP contribution is -2.38. The summed E-state index contributed by atoms with van der Waals surface area (Å²) in [6.45, 7) is 6.96. The number of carbonyl (C=O) groups excluding carboxylic acids is 1. The molecule has 0 saturated heterocycles. The lowest BCUT2D eigenvalue weighted by Gasteiger charge is -2.19. The number of nitrogens with two attached hydrogens (primary N) is 1. The first-order chi connectivity index (χ1) is 16.9. The minimum atomic E-state index is -1.89. The Morgan fingerprint density at radius 3 is 2.50 bits per heavy atom. The van der Waals surface area contributed by atoms with Gasteiger partial charge in [-0.2, -0.15) is 0 Å². The van der Waals surface area contributed by atoms with Crippen molar-refractivity contribution in [1.29, 1.82) is 0 Å². The molecule has 0 heterocycles. The molecule has 1 amide bonds. The number of aryl methyl sites for hydroxylation is 1. The van der Waals surface area contributed by atoms with Crippen LogP contribution in [0.1, 0.15) is 31.9 Å². The van der Waals surface area contributed by atoms with Gasteiger partial charge in [-0.05, 0) is 69.2 Å². The summed E-state index contributed by atoms with van der Waals surface area (Å²) in [7, 11) is 0. The highest BCUT2D eigenvalue weighted by Crippen LogP contribution is 2.36. The van der Waals surface area contributed by atoms with Gasteiger partial charge in [0, 0.05) is 12.6 Å². The Hall–Kier alpha value is -3.70. The van der Waals surface area contributed by atoms with Crippen LogP contribution in [-0.4, -0.2) is 15.9 Å². The average molecular weight is 519 g/mol. The number of hydrogen-bond acceptors (Lipinski definition) is 6. The van der Waals surface area contributed by atoms with E-state index in [1.807, 2.05) is 0 Å². The van der Waals surface area contributed by atoms with E-state index in [4.69, 9.17) is 15.2 Å². The van der Waals surface area contributed by atoms with Gasteiger partial charge in [-0.3, -0.25) is 0 Å². The lowest BCUT2D eigenvalue weighted by atomic mass is 10.2. The molecule has 5 N–H and O–H groups in total. The highest BCUT2D eigenvalue weighted by Gasteiger charge is 2.18. The summed E-state index contributed by atoms with van der Waals surface area (Å²) in [5.41, 5.74) is 7.24. The average Bonchev–Trinajstić information content (AvgIpc) is 2.76. The van der Waals surface area contributed by atoms with Crippen molar-refractivity contribution < 1.29 is 27.3 Å². The fourth-order valence-electron chi connectivity index (χ4n) is 3.05. The molecule has 1 atom stereocenters. The van der Waals surface area contributed by atoms with Gasteiger partial charge < -0.3 is 20.5 Å². The number of hydrogen-bond donors (Lipinski definition) is 4. The zero-order valence-electron chi connectivity index (χ0n) is 20.3. The topological polar surface area (TPSA) is 115 Å². The van der Waals surface area contributed by atoms with E-state index in [0.29, 0.717) is 11.3 Å². The molecule has 0 bridgehead atoms. The molecule has 0 radical (unpaired) electrons. The van der Waals surface area contributed by atoms with Crippen molar-refractivity contribution in [2.24, 2.45) is 0 Å². The monoisotopic (exact) mass is 518 g/mol. The molecule has 3 rings (SSSR count). The van der Waals surface area contributed by atoms with Gasteiger partial charge in [-0.15, -0.1) is 0 Å². The molecule has 192 valence electrons. The van der Waals surface area contributed by atoms with E-state index in [0.717, 1.165) is 17.7 Å². The fraction of sp³-hybridized carbons (Fsp3) is 0.240. The van der Waals surface area contributed by atoms with Crippen LogP contribution < -0.4 is 25.2 Å². The number of nitrogens with one attached hydrogen (secondary N) is 3. The number of nitrogen functional groups attached to an aromatic ring is 1. The van der Waals surface area contributed by atoms with E-state index in [-0.39, 0.29) is 29.4 Å². The molecule has 0 aromatic heterocycles. The normalized spacial score (nSPS) is 12.1. The molecule has 0 aliphatic heterocycles. The maximum atomic E-state index is 14.3. The van der Waals surface area contributed by atoms with Crippen molar-refractivity contribution >= 4 is 34.3 Å². The first-order valence-corrected chi connectivity index (χ1v) is 12.1. The van der Waals surface area contributed by atoms with Crippen LogP contribution in [0.25, 0.3) is 0 Å². The summed E-state index contributed by atoms with van der Waals surface area (Å²) in [6, 6.07) is 13.6. The molecule has 0 aliphatic carbocycles. The number of anilines is 3. The molecule has 11 heteroatoms. The predicted molar refractivity (Wildman–Crippen MR) is 136 cm³/mol. The molecule has 3 aromatic carbocycles. The number of amides is 1. The van der Waals surface area contributed by atoms with E-state index < -0.39 is 34.5 Å². The molecular weight excluding hydrogens is 490 g/mol. The predicted octanol–water partition coefficient (Wildman–Crippen LogP) is 5.58. The smallest absolute Gasteiger partial charge is 0.420 e. The SMILES string of the molecule is Cc1ccc(Nc2cc(F)cc(Oc3cccc(CNS(=O)NC(=O)OC(C)(C)C)c3)c2N)c(F)c1. The first kappa shape index (κ1) is 26.9. The van der Waals surface area contributed by atoms with Gasteiger partial charge in [-0.25, -0.2) is 27.2 Å². The number of benzene rings is 3. The van der Waals surface area contributed by atoms with Gasteiger partial charge in [0.25, 0.3) is 0 Å². The molecular formula is C25H28F2N4O4S. The highest BCUT2D eigenvalue weighted by atomic mass is 32.2. The van der Waals surface area contributed by atoms with E-state index in [1.54, 1.807) is 58.0 Å². The van der Waals surface area contributed by atoms with E-state index in [9.17, 15) is 17.8 Å². The number of carbonyl (C=O) groups is 1. The third-order valence-electron chi connectivity index (χ3n) is 4.61. The van der Waals surface area contributed by atoms with Crippen LogP contribution in [0.3, 0.4) is 0 Å². The number of ether oxygens (including phenoxy) is 2. The van der Waals surface area contributed by atoms with Gasteiger partial charge >= 0.3 is 6.09 Å². The first-order valence-electron chi connectivity index (χ1n) is 10.9. The quantitative estimate of drug-likeness (QED) is 0.289. The third kappa shape index (κ3) is 7.92. The maximum Gasteiger partial charge on any atom is 0.420 e. The Kier molecular flexibility index (Phi) is 8.49. The third-order valence-corrected chi connectivity index (χ3v) is 5.37. The number of halogens is 2. The maximum absolute atomic E-state index is 14.3. The van der Waals surface area contributed by atoms with Gasteiger partial charge in [0.2, 0.25) is 0 Å². The van der Waals surface area contributed by atoms with Crippen molar-refractivity contribution in [3.63, 3.8) is 0 Å². The zero-order valence-corrected chi connectivity index (χ0v) is 21.1. The van der Waals surface area contributed by atoms with Crippen molar-refractivity contribution in [3.05, 3.63) is 77.4 Å². The summed E-state index contributed by atoms with van der Waals surface area (Å²) in [5, 5.41) is 2.80. The van der Waals surface area contributed by atoms with E-state index in [2.05, 4.69) is 14.8 Å². The van der Waals surface area contributed by atoms with Crippen LogP contribution in [0, 0.1) is 18.6 Å². The lowest BCUT2D eigenvalue weighted by molar-refractivity contribution is 0.0572. The standard InChI is InChI=1S/C25H28F2N4O4S/c1-15-8-9-20(19(27)10-15)30-21-12-17(26)13-22(23(21)28)34-18-7-5-6-16(11-18)14-29-36(33)31-24(32)35-25(2,3)4/h5-13,29-30H,14,28H2,1-4H3,(H,31,32). The summed E-state index contributed by atoms with van der Waals surface area (Å²) in [6.07, 6.45) is -0.818. The van der Waals surface area contributed by atoms with Crippen LogP contribution in [-0.2, 0) is 22.5 Å². The Morgan fingerprint density at radius 2 is 1.81 bits per heavy atom. The second-order valence-electron chi connectivity index (χ2n) is 8.92. The van der Waals surface area contributed by atoms with Crippen molar-refractivity contribution in [3.8, 4) is 11.5 Å².